The van der Waals surface area contributed by atoms with Crippen LogP contribution in [-0.2, 0) is 16.6 Å². The summed E-state index contributed by atoms with van der Waals surface area (Å²) in [7, 11) is -3.35. The third kappa shape index (κ3) is 6.20. The number of benzene rings is 1. The molecule has 148 valence electrons. The van der Waals surface area contributed by atoms with Crippen LogP contribution in [0, 0.1) is 0 Å². The van der Waals surface area contributed by atoms with Crippen LogP contribution in [0.2, 0.25) is 0 Å². The average molecular weight is 394 g/mol. The van der Waals surface area contributed by atoms with E-state index in [0.717, 1.165) is 11.8 Å². The van der Waals surface area contributed by atoms with E-state index in [9.17, 15) is 18.3 Å². The molecule has 0 aliphatic rings. The van der Waals surface area contributed by atoms with Gasteiger partial charge in [-0.25, -0.2) is 13.1 Å². The fourth-order valence-corrected chi connectivity index (χ4v) is 3.08. The Kier molecular flexibility index (Phi) is 7.18. The van der Waals surface area contributed by atoms with Gasteiger partial charge in [0.1, 0.15) is 5.76 Å². The summed E-state index contributed by atoms with van der Waals surface area (Å²) in [6.07, 6.45) is 1.05. The van der Waals surface area contributed by atoms with E-state index in [4.69, 9.17) is 4.42 Å². The number of nitrogens with one attached hydrogen (secondary N) is 1. The highest BCUT2D eigenvalue weighted by molar-refractivity contribution is 7.88. The molecule has 2 rings (SSSR count). The lowest BCUT2D eigenvalue weighted by atomic mass is 10.00. The summed E-state index contributed by atoms with van der Waals surface area (Å²) in [5.74, 6) is 0.188. The highest BCUT2D eigenvalue weighted by Crippen LogP contribution is 2.20. The summed E-state index contributed by atoms with van der Waals surface area (Å²) in [6.45, 7) is 4.01. The summed E-state index contributed by atoms with van der Waals surface area (Å²) in [6, 6.07) is 12.5. The lowest BCUT2D eigenvalue weighted by molar-refractivity contribution is 0.0572. The molecule has 0 fully saturated rings. The third-order valence-corrected chi connectivity index (χ3v) is 4.95. The van der Waals surface area contributed by atoms with Crippen molar-refractivity contribution in [2.24, 2.45) is 0 Å². The van der Waals surface area contributed by atoms with Crippen LogP contribution >= 0.6 is 0 Å². The smallest absolute Gasteiger partial charge is 0.289 e. The van der Waals surface area contributed by atoms with Crippen molar-refractivity contribution >= 4 is 15.9 Å². The normalized spacial score (nSPS) is 13.9. The molecule has 8 heteroatoms. The fourth-order valence-electron chi connectivity index (χ4n) is 2.68. The molecule has 7 nitrogen and oxygen atoms in total. The molecule has 1 unspecified atom stereocenters. The van der Waals surface area contributed by atoms with E-state index in [1.54, 1.807) is 17.9 Å². The summed E-state index contributed by atoms with van der Waals surface area (Å²) in [5.41, 5.74) is 1.10. The second-order valence-electron chi connectivity index (χ2n) is 6.66. The summed E-state index contributed by atoms with van der Waals surface area (Å²) in [5, 5.41) is 9.56. The number of aliphatic hydroxyl groups is 1. The van der Waals surface area contributed by atoms with Crippen LogP contribution in [0.1, 0.15) is 41.6 Å². The molecule has 2 atom stereocenters. The van der Waals surface area contributed by atoms with Crippen LogP contribution in [-0.4, -0.2) is 49.8 Å². The van der Waals surface area contributed by atoms with E-state index >= 15 is 0 Å². The van der Waals surface area contributed by atoms with Crippen molar-refractivity contribution in [1.29, 1.82) is 0 Å². The largest absolute Gasteiger partial charge is 0.455 e. The molecule has 1 aromatic carbocycles. The molecule has 1 aromatic heterocycles. The molecule has 2 aromatic rings. The van der Waals surface area contributed by atoms with Crippen molar-refractivity contribution in [3.05, 3.63) is 59.5 Å². The number of hydrogen-bond acceptors (Lipinski definition) is 5. The minimum Gasteiger partial charge on any atom is -0.455 e. The number of hydrogen-bond donors (Lipinski definition) is 2. The SMILES string of the molecule is CC(CN(C(=O)c1ccc(CNS(C)(=O)=O)o1)[C@@H](C)CO)c1ccccc1. The van der Waals surface area contributed by atoms with E-state index < -0.39 is 10.0 Å². The van der Waals surface area contributed by atoms with Crippen LogP contribution in [0.4, 0.5) is 0 Å². The van der Waals surface area contributed by atoms with Gasteiger partial charge in [-0.15, -0.1) is 0 Å². The molecule has 0 spiro atoms. The number of furan rings is 1. The Morgan fingerprint density at radius 2 is 1.85 bits per heavy atom. The van der Waals surface area contributed by atoms with E-state index in [0.29, 0.717) is 12.3 Å². The lowest BCUT2D eigenvalue weighted by Gasteiger charge is -2.30. The minimum atomic E-state index is -3.35. The number of rotatable bonds is 9. The monoisotopic (exact) mass is 394 g/mol. The first-order chi connectivity index (χ1) is 12.7. The molecule has 0 saturated heterocycles. The Morgan fingerprint density at radius 1 is 1.19 bits per heavy atom. The quantitative estimate of drug-likeness (QED) is 0.677. The van der Waals surface area contributed by atoms with Gasteiger partial charge in [0.25, 0.3) is 5.91 Å². The Hall–Kier alpha value is -2.16. The highest BCUT2D eigenvalue weighted by Gasteiger charge is 2.26. The number of amides is 1. The number of sulfonamides is 1. The van der Waals surface area contributed by atoms with Gasteiger partial charge >= 0.3 is 0 Å². The zero-order valence-corrected chi connectivity index (χ0v) is 16.6. The van der Waals surface area contributed by atoms with Crippen molar-refractivity contribution in [1.82, 2.24) is 9.62 Å². The molecule has 0 radical (unpaired) electrons. The minimum absolute atomic E-state index is 0.0257. The third-order valence-electron chi connectivity index (χ3n) is 4.28. The van der Waals surface area contributed by atoms with Gasteiger partial charge in [-0.05, 0) is 30.5 Å². The van der Waals surface area contributed by atoms with E-state index in [1.807, 2.05) is 37.3 Å². The van der Waals surface area contributed by atoms with Crippen molar-refractivity contribution in [3.8, 4) is 0 Å². The van der Waals surface area contributed by atoms with E-state index in [-0.39, 0.29) is 36.8 Å². The van der Waals surface area contributed by atoms with Gasteiger partial charge in [0, 0.05) is 6.54 Å². The molecule has 0 aliphatic heterocycles. The van der Waals surface area contributed by atoms with Crippen molar-refractivity contribution in [2.45, 2.75) is 32.4 Å². The van der Waals surface area contributed by atoms with Gasteiger partial charge in [-0.2, -0.15) is 0 Å². The molecule has 1 amide bonds. The van der Waals surface area contributed by atoms with Crippen LogP contribution in [0.3, 0.4) is 0 Å². The Bertz CT molecular complexity index is 848. The first kappa shape index (κ1) is 21.1. The number of carbonyl (C=O) groups is 1. The number of aliphatic hydroxyl groups excluding tert-OH is 1. The zero-order chi connectivity index (χ0) is 20.0. The van der Waals surface area contributed by atoms with Gasteiger partial charge in [-0.1, -0.05) is 37.3 Å². The second kappa shape index (κ2) is 9.16. The number of carbonyl (C=O) groups excluding carboxylic acids is 1. The van der Waals surface area contributed by atoms with E-state index in [2.05, 4.69) is 4.72 Å². The van der Waals surface area contributed by atoms with Gasteiger partial charge in [0.05, 0.1) is 25.4 Å². The van der Waals surface area contributed by atoms with Crippen LogP contribution < -0.4 is 4.72 Å². The topological polar surface area (TPSA) is 99.9 Å². The molecule has 2 N–H and O–H groups in total. The maximum Gasteiger partial charge on any atom is 0.289 e. The predicted molar refractivity (Wildman–Crippen MR) is 103 cm³/mol. The first-order valence-electron chi connectivity index (χ1n) is 8.71. The molecule has 1 heterocycles. The van der Waals surface area contributed by atoms with Gasteiger partial charge < -0.3 is 14.4 Å². The van der Waals surface area contributed by atoms with Gasteiger partial charge in [-0.3, -0.25) is 4.79 Å². The molecular weight excluding hydrogens is 368 g/mol. The predicted octanol–water partition coefficient (Wildman–Crippen LogP) is 1.96. The van der Waals surface area contributed by atoms with Crippen molar-refractivity contribution in [2.75, 3.05) is 19.4 Å². The molecule has 0 bridgehead atoms. The summed E-state index contributed by atoms with van der Waals surface area (Å²) >= 11 is 0. The van der Waals surface area contributed by atoms with E-state index in [1.165, 1.54) is 6.07 Å². The van der Waals surface area contributed by atoms with Crippen LogP contribution in [0.25, 0.3) is 0 Å². The van der Waals surface area contributed by atoms with Crippen molar-refractivity contribution < 1.29 is 22.7 Å². The lowest BCUT2D eigenvalue weighted by Crippen LogP contribution is -2.42. The Morgan fingerprint density at radius 3 is 2.44 bits per heavy atom. The maximum absolute atomic E-state index is 12.9. The van der Waals surface area contributed by atoms with Gasteiger partial charge in [0.15, 0.2) is 5.76 Å². The first-order valence-corrected chi connectivity index (χ1v) is 10.6. The molecule has 27 heavy (non-hydrogen) atoms. The zero-order valence-electron chi connectivity index (χ0n) is 15.8. The summed E-state index contributed by atoms with van der Waals surface area (Å²) in [4.78, 5) is 14.5. The maximum atomic E-state index is 12.9. The highest BCUT2D eigenvalue weighted by atomic mass is 32.2. The number of nitrogens with zero attached hydrogens (tertiary/aromatic N) is 1. The second-order valence-corrected chi connectivity index (χ2v) is 8.49. The van der Waals surface area contributed by atoms with Crippen LogP contribution in [0.15, 0.2) is 46.9 Å². The van der Waals surface area contributed by atoms with Crippen LogP contribution in [0.5, 0.6) is 0 Å². The fraction of sp³-hybridized carbons (Fsp3) is 0.421. The molecular formula is C19H26N2O5S. The standard InChI is InChI=1S/C19H26N2O5S/c1-14(16-7-5-4-6-8-16)12-21(15(2)13-22)19(23)18-10-9-17(26-18)11-20-27(3,24)25/h4-10,14-15,20,22H,11-13H2,1-3H3/t14?,15-/m0/s1. The summed E-state index contributed by atoms with van der Waals surface area (Å²) < 4.78 is 30.2. The molecule has 0 saturated carbocycles. The average Bonchev–Trinajstić information content (AvgIpc) is 3.12. The van der Waals surface area contributed by atoms with Gasteiger partial charge in [0.2, 0.25) is 10.0 Å². The Labute approximate surface area is 160 Å². The van der Waals surface area contributed by atoms with Crippen molar-refractivity contribution in [3.63, 3.8) is 0 Å². The molecule has 0 aliphatic carbocycles. The Balaban J connectivity index is 2.14.